The molecule has 4 rings (SSSR count). The highest BCUT2D eigenvalue weighted by Gasteiger charge is 2.23. The van der Waals surface area contributed by atoms with Crippen molar-refractivity contribution in [1.29, 1.82) is 0 Å². The fourth-order valence-corrected chi connectivity index (χ4v) is 3.40. The van der Waals surface area contributed by atoms with Gasteiger partial charge in [0.25, 0.3) is 5.91 Å². The van der Waals surface area contributed by atoms with E-state index < -0.39 is 6.10 Å². The Morgan fingerprint density at radius 1 is 1.24 bits per heavy atom. The van der Waals surface area contributed by atoms with Crippen LogP contribution in [-0.4, -0.2) is 29.5 Å². The van der Waals surface area contributed by atoms with Crippen LogP contribution in [0.5, 0.6) is 11.5 Å². The minimum atomic E-state index is -0.753. The topological polar surface area (TPSA) is 93.8 Å². The number of benzene rings is 2. The Bertz CT molecular complexity index is 1050. The summed E-state index contributed by atoms with van der Waals surface area (Å²) >= 11 is 6.23. The molecular formula is C21H19ClN2O5. The predicted molar refractivity (Wildman–Crippen MR) is 106 cm³/mol. The second-order valence-corrected chi connectivity index (χ2v) is 7.02. The van der Waals surface area contributed by atoms with E-state index in [1.807, 2.05) is 6.07 Å². The zero-order chi connectivity index (χ0) is 20.4. The molecule has 0 aliphatic carbocycles. The summed E-state index contributed by atoms with van der Waals surface area (Å²) in [6, 6.07) is 12.4. The van der Waals surface area contributed by atoms with Gasteiger partial charge in [0.1, 0.15) is 17.0 Å². The van der Waals surface area contributed by atoms with Crippen molar-refractivity contribution in [2.75, 3.05) is 13.3 Å². The number of nitrogens with one attached hydrogen (secondary N) is 1. The molecule has 29 heavy (non-hydrogen) atoms. The fourth-order valence-electron chi connectivity index (χ4n) is 3.17. The average molecular weight is 415 g/mol. The highest BCUT2D eigenvalue weighted by atomic mass is 35.5. The molecule has 1 unspecified atom stereocenters. The molecule has 0 fully saturated rings. The summed E-state index contributed by atoms with van der Waals surface area (Å²) in [5.74, 6) is 1.32. The fraction of sp³-hybridized carbons (Fsp3) is 0.238. The summed E-state index contributed by atoms with van der Waals surface area (Å²) in [5.41, 5.74) is 2.04. The summed E-state index contributed by atoms with van der Waals surface area (Å²) in [6.45, 7) is 2.11. The monoisotopic (exact) mass is 414 g/mol. The second-order valence-electron chi connectivity index (χ2n) is 6.62. The number of aliphatic hydroxyl groups excluding tert-OH is 1. The Labute approximate surface area is 172 Å². The van der Waals surface area contributed by atoms with Crippen molar-refractivity contribution in [3.63, 3.8) is 0 Å². The lowest BCUT2D eigenvalue weighted by Crippen LogP contribution is -2.26. The number of hydrogen-bond acceptors (Lipinski definition) is 6. The first-order valence-corrected chi connectivity index (χ1v) is 9.49. The maximum absolute atomic E-state index is 12.7. The molecule has 7 nitrogen and oxygen atoms in total. The molecule has 0 saturated carbocycles. The smallest absolute Gasteiger partial charge is 0.257 e. The molecule has 1 atom stereocenters. The molecule has 1 aliphatic heterocycles. The van der Waals surface area contributed by atoms with Crippen molar-refractivity contribution in [1.82, 2.24) is 10.5 Å². The third kappa shape index (κ3) is 3.92. The van der Waals surface area contributed by atoms with E-state index in [9.17, 15) is 9.90 Å². The Kier molecular flexibility index (Phi) is 5.42. The van der Waals surface area contributed by atoms with Crippen LogP contribution >= 0.6 is 11.6 Å². The number of hydrogen-bond donors (Lipinski definition) is 2. The van der Waals surface area contributed by atoms with E-state index >= 15 is 0 Å². The number of aliphatic hydroxyl groups is 1. The molecule has 3 aromatic rings. The number of halogens is 1. The van der Waals surface area contributed by atoms with Gasteiger partial charge in [-0.1, -0.05) is 41.0 Å². The minimum Gasteiger partial charge on any atom is -0.454 e. The molecule has 2 aromatic carbocycles. The second kappa shape index (κ2) is 8.14. The molecule has 0 radical (unpaired) electrons. The molecule has 2 N–H and O–H groups in total. The Hall–Kier alpha value is -3.03. The largest absolute Gasteiger partial charge is 0.454 e. The first-order valence-electron chi connectivity index (χ1n) is 9.11. The number of carbonyl (C=O) groups is 1. The Morgan fingerprint density at radius 3 is 2.86 bits per heavy atom. The van der Waals surface area contributed by atoms with Crippen molar-refractivity contribution >= 4 is 17.5 Å². The highest BCUT2D eigenvalue weighted by Crippen LogP contribution is 2.35. The number of amides is 1. The number of nitrogens with zero attached hydrogens (tertiary/aromatic N) is 1. The van der Waals surface area contributed by atoms with Crippen LogP contribution < -0.4 is 14.8 Å². The quantitative estimate of drug-likeness (QED) is 0.635. The lowest BCUT2D eigenvalue weighted by molar-refractivity contribution is 0.0941. The Morgan fingerprint density at radius 2 is 2.03 bits per heavy atom. The van der Waals surface area contributed by atoms with Crippen LogP contribution in [0.2, 0.25) is 5.02 Å². The number of aryl methyl sites for hydroxylation is 1. The summed E-state index contributed by atoms with van der Waals surface area (Å²) in [5, 5.41) is 17.7. The van der Waals surface area contributed by atoms with E-state index in [-0.39, 0.29) is 19.2 Å². The van der Waals surface area contributed by atoms with Gasteiger partial charge in [-0.05, 0) is 37.1 Å². The molecule has 1 aliphatic rings. The summed E-state index contributed by atoms with van der Waals surface area (Å²) in [7, 11) is 0. The highest BCUT2D eigenvalue weighted by molar-refractivity contribution is 6.33. The van der Waals surface area contributed by atoms with Gasteiger partial charge >= 0.3 is 0 Å². The molecule has 8 heteroatoms. The molecule has 1 aromatic heterocycles. The zero-order valence-electron chi connectivity index (χ0n) is 15.6. The molecule has 1 amide bonds. The third-order valence-corrected chi connectivity index (χ3v) is 5.03. The van der Waals surface area contributed by atoms with Crippen molar-refractivity contribution < 1.29 is 23.9 Å². The van der Waals surface area contributed by atoms with Gasteiger partial charge < -0.3 is 24.4 Å². The van der Waals surface area contributed by atoms with E-state index in [1.54, 1.807) is 43.3 Å². The van der Waals surface area contributed by atoms with Crippen LogP contribution in [0.15, 0.2) is 47.0 Å². The minimum absolute atomic E-state index is 0.177. The first kappa shape index (κ1) is 19.3. The maximum Gasteiger partial charge on any atom is 0.257 e. The van der Waals surface area contributed by atoms with Crippen molar-refractivity contribution in [3.8, 4) is 22.8 Å². The van der Waals surface area contributed by atoms with Crippen LogP contribution in [0.25, 0.3) is 11.3 Å². The van der Waals surface area contributed by atoms with Crippen LogP contribution in [0, 0.1) is 6.92 Å². The maximum atomic E-state index is 12.7. The molecule has 150 valence electrons. The van der Waals surface area contributed by atoms with Crippen molar-refractivity contribution in [2.24, 2.45) is 0 Å². The molecule has 2 heterocycles. The van der Waals surface area contributed by atoms with Crippen LogP contribution in [0.1, 0.15) is 34.2 Å². The predicted octanol–water partition coefficient (Wildman–Crippen LogP) is 3.89. The lowest BCUT2D eigenvalue weighted by Gasteiger charge is -2.12. The molecule has 0 spiro atoms. The van der Waals surface area contributed by atoms with Gasteiger partial charge in [-0.15, -0.1) is 0 Å². The number of fused-ring (bicyclic) bond motifs is 1. The van der Waals surface area contributed by atoms with E-state index in [2.05, 4.69) is 10.5 Å². The van der Waals surface area contributed by atoms with Crippen LogP contribution in [0.3, 0.4) is 0 Å². The van der Waals surface area contributed by atoms with Gasteiger partial charge in [0.15, 0.2) is 11.5 Å². The summed E-state index contributed by atoms with van der Waals surface area (Å²) < 4.78 is 15.8. The SMILES string of the molecule is Cc1onc(-c2ccccc2Cl)c1C(=O)NCCC(O)c1ccc2c(c1)OCO2. The standard InChI is InChI=1S/C21H19ClN2O5/c1-12-19(20(24-29-12)14-4-2-3-5-15(14)22)21(26)23-9-8-16(25)13-6-7-17-18(10-13)28-11-27-17/h2-7,10,16,25H,8-9,11H2,1H3,(H,23,26). The van der Waals surface area contributed by atoms with E-state index in [4.69, 9.17) is 25.6 Å². The molecule has 0 bridgehead atoms. The normalized spacial score (nSPS) is 13.3. The van der Waals surface area contributed by atoms with Gasteiger partial charge in [0.05, 0.1) is 11.1 Å². The summed E-state index contributed by atoms with van der Waals surface area (Å²) in [6.07, 6.45) is -0.423. The number of ether oxygens (including phenoxy) is 2. The average Bonchev–Trinajstić information content (AvgIpc) is 3.34. The van der Waals surface area contributed by atoms with Gasteiger partial charge in [0.2, 0.25) is 6.79 Å². The Balaban J connectivity index is 1.42. The zero-order valence-corrected chi connectivity index (χ0v) is 16.4. The van der Waals surface area contributed by atoms with Gasteiger partial charge in [-0.3, -0.25) is 4.79 Å². The van der Waals surface area contributed by atoms with E-state index in [1.165, 1.54) is 0 Å². The van der Waals surface area contributed by atoms with E-state index in [0.717, 1.165) is 0 Å². The molecule has 0 saturated heterocycles. The lowest BCUT2D eigenvalue weighted by atomic mass is 10.0. The number of rotatable bonds is 6. The van der Waals surface area contributed by atoms with Crippen molar-refractivity contribution in [3.05, 3.63) is 64.4 Å². The van der Waals surface area contributed by atoms with Crippen LogP contribution in [0.4, 0.5) is 0 Å². The van der Waals surface area contributed by atoms with Crippen LogP contribution in [-0.2, 0) is 0 Å². The van der Waals surface area contributed by atoms with E-state index in [0.29, 0.717) is 51.1 Å². The third-order valence-electron chi connectivity index (χ3n) is 4.70. The number of aromatic nitrogens is 1. The summed E-state index contributed by atoms with van der Waals surface area (Å²) in [4.78, 5) is 12.7. The van der Waals surface area contributed by atoms with Gasteiger partial charge in [-0.25, -0.2) is 0 Å². The van der Waals surface area contributed by atoms with Gasteiger partial charge in [0, 0.05) is 12.1 Å². The molecular weight excluding hydrogens is 396 g/mol. The number of carbonyl (C=O) groups excluding carboxylic acids is 1. The van der Waals surface area contributed by atoms with Crippen molar-refractivity contribution in [2.45, 2.75) is 19.4 Å². The first-order chi connectivity index (χ1) is 14.0. The van der Waals surface area contributed by atoms with Gasteiger partial charge in [-0.2, -0.15) is 0 Å².